The number of phenols is 1. The zero-order valence-corrected chi connectivity index (χ0v) is 14.6. The lowest BCUT2D eigenvalue weighted by atomic mass is 9.71. The molecule has 6 heteroatoms. The molecule has 2 heterocycles. The van der Waals surface area contributed by atoms with E-state index in [1.165, 1.54) is 18.2 Å². The third kappa shape index (κ3) is 3.09. The Labute approximate surface area is 151 Å². The summed E-state index contributed by atoms with van der Waals surface area (Å²) in [5.41, 5.74) is -0.273. The molecule has 0 spiro atoms. The van der Waals surface area contributed by atoms with Crippen molar-refractivity contribution in [1.82, 2.24) is 4.90 Å². The van der Waals surface area contributed by atoms with Crippen LogP contribution in [0.5, 0.6) is 5.75 Å². The summed E-state index contributed by atoms with van der Waals surface area (Å²) in [5, 5.41) is 21.0. The third-order valence-corrected chi connectivity index (χ3v) is 5.94. The van der Waals surface area contributed by atoms with Crippen molar-refractivity contribution < 1.29 is 19.4 Å². The van der Waals surface area contributed by atoms with Crippen LogP contribution in [0.25, 0.3) is 11.0 Å². The van der Waals surface area contributed by atoms with Crippen molar-refractivity contribution in [1.29, 1.82) is 0 Å². The third-order valence-electron chi connectivity index (χ3n) is 5.94. The van der Waals surface area contributed by atoms with Crippen molar-refractivity contribution in [2.45, 2.75) is 44.1 Å². The highest BCUT2D eigenvalue weighted by atomic mass is 16.4. The lowest BCUT2D eigenvalue weighted by molar-refractivity contribution is -0.142. The number of fused-ring (bicyclic) bond motifs is 2. The number of aliphatic hydroxyl groups is 1. The largest absolute Gasteiger partial charge is 0.508 e. The molecule has 6 nitrogen and oxygen atoms in total. The molecule has 1 saturated carbocycles. The highest BCUT2D eigenvalue weighted by Gasteiger charge is 2.43. The number of benzene rings is 1. The van der Waals surface area contributed by atoms with Crippen LogP contribution in [0.4, 0.5) is 0 Å². The Hall–Kier alpha value is -2.34. The average Bonchev–Trinajstić information content (AvgIpc) is 2.60. The first-order chi connectivity index (χ1) is 12.4. The standard InChI is InChI=1S/C20H23NO5/c22-15-4-5-16-13(10-19(24)26-17(16)11-15)9-18(23)21-8-7-20(25)6-2-1-3-14(20)12-21/h4-5,10-11,14,22,25H,1-3,6-9,12H2/t14-,20+/m1/s1. The van der Waals surface area contributed by atoms with Crippen LogP contribution >= 0.6 is 0 Å². The molecule has 1 aromatic carbocycles. The van der Waals surface area contributed by atoms with Gasteiger partial charge in [0, 0.05) is 36.5 Å². The smallest absolute Gasteiger partial charge is 0.336 e. The second kappa shape index (κ2) is 6.43. The predicted octanol–water partition coefficient (Wildman–Crippen LogP) is 2.19. The fourth-order valence-corrected chi connectivity index (χ4v) is 4.44. The first-order valence-electron chi connectivity index (χ1n) is 9.20. The van der Waals surface area contributed by atoms with E-state index in [4.69, 9.17) is 4.42 Å². The summed E-state index contributed by atoms with van der Waals surface area (Å²) in [6.45, 7) is 1.13. The van der Waals surface area contributed by atoms with E-state index in [0.29, 0.717) is 30.5 Å². The van der Waals surface area contributed by atoms with E-state index in [1.54, 1.807) is 6.07 Å². The van der Waals surface area contributed by atoms with Gasteiger partial charge in [-0.15, -0.1) is 0 Å². The van der Waals surface area contributed by atoms with E-state index in [-0.39, 0.29) is 29.6 Å². The number of likely N-dealkylation sites (tertiary alicyclic amines) is 1. The lowest BCUT2D eigenvalue weighted by Gasteiger charge is -2.47. The monoisotopic (exact) mass is 357 g/mol. The van der Waals surface area contributed by atoms with Crippen molar-refractivity contribution in [3.63, 3.8) is 0 Å². The summed E-state index contributed by atoms with van der Waals surface area (Å²) in [6, 6.07) is 5.90. The van der Waals surface area contributed by atoms with Gasteiger partial charge in [-0.25, -0.2) is 4.79 Å². The van der Waals surface area contributed by atoms with Crippen LogP contribution in [0.2, 0.25) is 0 Å². The molecular formula is C20H23NO5. The second-order valence-corrected chi connectivity index (χ2v) is 7.58. The van der Waals surface area contributed by atoms with Gasteiger partial charge in [-0.2, -0.15) is 0 Å². The fourth-order valence-electron chi connectivity index (χ4n) is 4.44. The molecule has 0 radical (unpaired) electrons. The molecule has 1 saturated heterocycles. The van der Waals surface area contributed by atoms with Gasteiger partial charge in [0.25, 0.3) is 0 Å². The first kappa shape index (κ1) is 17.1. The van der Waals surface area contributed by atoms with E-state index in [9.17, 15) is 19.8 Å². The van der Waals surface area contributed by atoms with Gasteiger partial charge < -0.3 is 19.5 Å². The van der Waals surface area contributed by atoms with Gasteiger partial charge >= 0.3 is 5.63 Å². The van der Waals surface area contributed by atoms with Gasteiger partial charge in [0.05, 0.1) is 12.0 Å². The van der Waals surface area contributed by atoms with Crippen LogP contribution in [-0.2, 0) is 11.2 Å². The molecule has 0 unspecified atom stereocenters. The van der Waals surface area contributed by atoms with Gasteiger partial charge in [-0.1, -0.05) is 12.8 Å². The number of hydrogen-bond acceptors (Lipinski definition) is 5. The summed E-state index contributed by atoms with van der Waals surface area (Å²) in [4.78, 5) is 26.4. The molecule has 2 atom stereocenters. The van der Waals surface area contributed by atoms with Crippen molar-refractivity contribution >= 4 is 16.9 Å². The molecule has 4 rings (SSSR count). The van der Waals surface area contributed by atoms with Gasteiger partial charge in [-0.05, 0) is 37.0 Å². The topological polar surface area (TPSA) is 91.0 Å². The summed E-state index contributed by atoms with van der Waals surface area (Å²) in [6.07, 6.45) is 4.67. The minimum absolute atomic E-state index is 0.0109. The number of piperidine rings is 1. The maximum atomic E-state index is 12.8. The molecule has 1 aliphatic carbocycles. The molecular weight excluding hydrogens is 334 g/mol. The summed E-state index contributed by atoms with van der Waals surface area (Å²) in [5.74, 6) is 0.109. The number of carbonyl (C=O) groups is 1. The molecule has 26 heavy (non-hydrogen) atoms. The van der Waals surface area contributed by atoms with E-state index in [2.05, 4.69) is 0 Å². The van der Waals surface area contributed by atoms with Gasteiger partial charge in [0.2, 0.25) is 5.91 Å². The van der Waals surface area contributed by atoms with Crippen LogP contribution in [0, 0.1) is 5.92 Å². The Morgan fingerprint density at radius 2 is 2.12 bits per heavy atom. The lowest BCUT2D eigenvalue weighted by Crippen LogP contribution is -2.54. The summed E-state index contributed by atoms with van der Waals surface area (Å²) >= 11 is 0. The van der Waals surface area contributed by atoms with Crippen LogP contribution in [0.1, 0.15) is 37.7 Å². The molecule has 1 aromatic heterocycles. The molecule has 2 aromatic rings. The summed E-state index contributed by atoms with van der Waals surface area (Å²) < 4.78 is 5.12. The number of phenolic OH excluding ortho intramolecular Hbond substituents is 1. The maximum Gasteiger partial charge on any atom is 0.336 e. The quantitative estimate of drug-likeness (QED) is 0.804. The Morgan fingerprint density at radius 3 is 2.96 bits per heavy atom. The Bertz CT molecular complexity index is 905. The molecule has 2 N–H and O–H groups in total. The maximum absolute atomic E-state index is 12.8. The second-order valence-electron chi connectivity index (χ2n) is 7.58. The van der Waals surface area contributed by atoms with Crippen molar-refractivity contribution in [3.8, 4) is 5.75 Å². The number of rotatable bonds is 2. The van der Waals surface area contributed by atoms with Gasteiger partial charge in [0.1, 0.15) is 11.3 Å². The Balaban J connectivity index is 1.55. The predicted molar refractivity (Wildman–Crippen MR) is 96.0 cm³/mol. The van der Waals surface area contributed by atoms with Gasteiger partial charge in [-0.3, -0.25) is 4.79 Å². The van der Waals surface area contributed by atoms with Crippen molar-refractivity contribution in [3.05, 3.63) is 40.2 Å². The first-order valence-corrected chi connectivity index (χ1v) is 9.20. The molecule has 138 valence electrons. The molecule has 1 amide bonds. The van der Waals surface area contributed by atoms with E-state index in [0.717, 1.165) is 25.7 Å². The van der Waals surface area contributed by atoms with Crippen LogP contribution < -0.4 is 5.63 Å². The molecule has 2 fully saturated rings. The van der Waals surface area contributed by atoms with Crippen LogP contribution in [-0.4, -0.2) is 39.7 Å². The zero-order chi connectivity index (χ0) is 18.3. The molecule has 0 bridgehead atoms. The van der Waals surface area contributed by atoms with Crippen molar-refractivity contribution in [2.75, 3.05) is 13.1 Å². The van der Waals surface area contributed by atoms with Gasteiger partial charge in [0.15, 0.2) is 0 Å². The van der Waals surface area contributed by atoms with E-state index >= 15 is 0 Å². The van der Waals surface area contributed by atoms with E-state index in [1.807, 2.05) is 4.90 Å². The number of nitrogens with zero attached hydrogens (tertiary/aromatic N) is 1. The normalized spacial score (nSPS) is 25.9. The highest BCUT2D eigenvalue weighted by molar-refractivity contribution is 5.87. The fraction of sp³-hybridized carbons (Fsp3) is 0.500. The SMILES string of the molecule is O=C(Cc1cc(=O)oc2cc(O)ccc12)N1CC[C@@]2(O)CCCC[C@@H]2C1. The van der Waals surface area contributed by atoms with E-state index < -0.39 is 11.2 Å². The Morgan fingerprint density at radius 1 is 1.27 bits per heavy atom. The number of amides is 1. The number of hydrogen-bond donors (Lipinski definition) is 2. The van der Waals surface area contributed by atoms with Crippen LogP contribution in [0.15, 0.2) is 33.5 Å². The molecule has 2 aliphatic rings. The number of aromatic hydroxyl groups is 1. The summed E-state index contributed by atoms with van der Waals surface area (Å²) in [7, 11) is 0. The number of carbonyl (C=O) groups excluding carboxylic acids is 1. The Kier molecular flexibility index (Phi) is 4.23. The minimum Gasteiger partial charge on any atom is -0.508 e. The minimum atomic E-state index is -0.618. The average molecular weight is 357 g/mol. The zero-order valence-electron chi connectivity index (χ0n) is 14.6. The van der Waals surface area contributed by atoms with Crippen LogP contribution in [0.3, 0.4) is 0 Å². The highest BCUT2D eigenvalue weighted by Crippen LogP contribution is 2.39. The molecule has 1 aliphatic heterocycles. The van der Waals surface area contributed by atoms with Crippen molar-refractivity contribution in [2.24, 2.45) is 5.92 Å².